The number of sulfone groups is 1. The fraction of sp³-hybridized carbons (Fsp3) is 0.476. The molecule has 1 aromatic heterocycles. The van der Waals surface area contributed by atoms with Crippen molar-refractivity contribution in [2.24, 2.45) is 5.92 Å². The first-order chi connectivity index (χ1) is 14.7. The smallest absolute Gasteiger partial charge is 0.319 e. The number of nitrogens with zero attached hydrogens (tertiary/aromatic N) is 3. The van der Waals surface area contributed by atoms with Gasteiger partial charge in [-0.1, -0.05) is 13.8 Å². The number of nitrogens with one attached hydrogen (secondary N) is 2. The molecular weight excluding hydrogens is 418 g/mol. The Labute approximate surface area is 183 Å². The van der Waals surface area contributed by atoms with E-state index in [-0.39, 0.29) is 11.8 Å². The Kier molecular flexibility index (Phi) is 7.45. The molecule has 0 saturated carbocycles. The predicted molar refractivity (Wildman–Crippen MR) is 121 cm³/mol. The lowest BCUT2D eigenvalue weighted by Crippen LogP contribution is -2.37. The summed E-state index contributed by atoms with van der Waals surface area (Å²) in [5.74, 6) is 1.33. The van der Waals surface area contributed by atoms with Gasteiger partial charge >= 0.3 is 6.03 Å². The quantitative estimate of drug-likeness (QED) is 0.669. The third-order valence-electron chi connectivity index (χ3n) is 4.58. The molecule has 2 amide bonds. The van der Waals surface area contributed by atoms with Crippen LogP contribution in [0.3, 0.4) is 0 Å². The van der Waals surface area contributed by atoms with Crippen LogP contribution in [0.1, 0.15) is 19.5 Å². The Hall–Kier alpha value is -2.72. The molecule has 10 heteroatoms. The van der Waals surface area contributed by atoms with Crippen molar-refractivity contribution in [2.45, 2.75) is 19.6 Å². The summed E-state index contributed by atoms with van der Waals surface area (Å²) in [6, 6.07) is 8.62. The molecule has 1 saturated heterocycles. The molecule has 1 aromatic carbocycles. The van der Waals surface area contributed by atoms with Crippen LogP contribution in [0.4, 0.5) is 16.3 Å². The third-order valence-corrected chi connectivity index (χ3v) is 5.40. The lowest BCUT2D eigenvalue weighted by Gasteiger charge is -2.28. The van der Waals surface area contributed by atoms with Crippen LogP contribution in [0.2, 0.25) is 0 Å². The molecule has 2 heterocycles. The average molecular weight is 448 g/mol. The third kappa shape index (κ3) is 7.18. The molecule has 0 radical (unpaired) electrons. The maximum Gasteiger partial charge on any atom is 0.319 e. The highest BCUT2D eigenvalue weighted by Crippen LogP contribution is 2.23. The van der Waals surface area contributed by atoms with Crippen LogP contribution in [-0.4, -0.2) is 63.5 Å². The van der Waals surface area contributed by atoms with Crippen molar-refractivity contribution in [3.05, 3.63) is 36.0 Å². The number of aromatic nitrogens is 2. The van der Waals surface area contributed by atoms with E-state index in [1.54, 1.807) is 30.3 Å². The maximum absolute atomic E-state index is 11.9. The molecule has 3 rings (SSSR count). The number of carbonyl (C=O) groups excluding carboxylic acids is 1. The molecule has 2 aromatic rings. The number of ether oxygens (including phenoxy) is 1. The zero-order valence-electron chi connectivity index (χ0n) is 18.1. The van der Waals surface area contributed by atoms with Crippen molar-refractivity contribution < 1.29 is 17.9 Å². The normalized spacial score (nSPS) is 14.5. The lowest BCUT2D eigenvalue weighted by molar-refractivity contribution is 0.122. The van der Waals surface area contributed by atoms with Gasteiger partial charge in [0.25, 0.3) is 0 Å². The predicted octanol–water partition coefficient (Wildman–Crippen LogP) is 2.30. The second kappa shape index (κ2) is 10.1. The molecule has 1 aliphatic rings. The van der Waals surface area contributed by atoms with E-state index in [2.05, 4.69) is 25.5 Å². The van der Waals surface area contributed by atoms with Crippen molar-refractivity contribution in [3.63, 3.8) is 0 Å². The SMILES string of the molecule is CC(C)CNC(=O)Nc1ccc(-c2nc(CS(C)(=O)=O)cc(N3CCOCC3)n2)cc1. The Balaban J connectivity index is 1.83. The summed E-state index contributed by atoms with van der Waals surface area (Å²) < 4.78 is 29.1. The number of urea groups is 1. The number of amides is 2. The molecule has 9 nitrogen and oxygen atoms in total. The summed E-state index contributed by atoms with van der Waals surface area (Å²) in [5, 5.41) is 5.59. The lowest BCUT2D eigenvalue weighted by atomic mass is 10.2. The minimum atomic E-state index is -3.24. The van der Waals surface area contributed by atoms with Gasteiger partial charge < -0.3 is 20.3 Å². The Morgan fingerprint density at radius 2 is 1.84 bits per heavy atom. The summed E-state index contributed by atoms with van der Waals surface area (Å²) >= 11 is 0. The summed E-state index contributed by atoms with van der Waals surface area (Å²) in [7, 11) is -3.24. The van der Waals surface area contributed by atoms with E-state index in [1.807, 2.05) is 13.8 Å². The number of hydrogen-bond acceptors (Lipinski definition) is 7. The van der Waals surface area contributed by atoms with Gasteiger partial charge in [-0.3, -0.25) is 0 Å². The first-order valence-corrected chi connectivity index (χ1v) is 12.3. The largest absolute Gasteiger partial charge is 0.378 e. The van der Waals surface area contributed by atoms with Gasteiger partial charge in [0.15, 0.2) is 15.7 Å². The van der Waals surface area contributed by atoms with E-state index >= 15 is 0 Å². The van der Waals surface area contributed by atoms with Gasteiger partial charge in [0, 0.05) is 43.2 Å². The van der Waals surface area contributed by atoms with E-state index in [9.17, 15) is 13.2 Å². The van der Waals surface area contributed by atoms with Gasteiger partial charge in [0.2, 0.25) is 0 Å². The number of morpholine rings is 1. The van der Waals surface area contributed by atoms with Crippen LogP contribution in [0.5, 0.6) is 0 Å². The van der Waals surface area contributed by atoms with Gasteiger partial charge in [-0.25, -0.2) is 23.2 Å². The average Bonchev–Trinajstić information content (AvgIpc) is 2.72. The van der Waals surface area contributed by atoms with Crippen molar-refractivity contribution in [1.29, 1.82) is 0 Å². The van der Waals surface area contributed by atoms with Crippen LogP contribution >= 0.6 is 0 Å². The number of hydrogen-bond donors (Lipinski definition) is 2. The topological polar surface area (TPSA) is 114 Å². The van der Waals surface area contributed by atoms with Crippen LogP contribution in [-0.2, 0) is 20.3 Å². The van der Waals surface area contributed by atoms with E-state index in [0.29, 0.717) is 61.8 Å². The monoisotopic (exact) mass is 447 g/mol. The van der Waals surface area contributed by atoms with Gasteiger partial charge in [-0.15, -0.1) is 0 Å². The standard InChI is InChI=1S/C21H29N5O4S/c1-15(2)13-22-21(27)24-17-6-4-16(5-7-17)20-23-18(14-31(3,28)29)12-19(25-20)26-8-10-30-11-9-26/h4-7,12,15H,8-11,13-14H2,1-3H3,(H2,22,24,27). The minimum absolute atomic E-state index is 0.157. The minimum Gasteiger partial charge on any atom is -0.378 e. The van der Waals surface area contributed by atoms with Crippen LogP contribution in [0, 0.1) is 5.92 Å². The van der Waals surface area contributed by atoms with Crippen LogP contribution in [0.15, 0.2) is 30.3 Å². The van der Waals surface area contributed by atoms with Gasteiger partial charge in [-0.05, 0) is 30.2 Å². The molecular formula is C21H29N5O4S. The number of anilines is 2. The first-order valence-electron chi connectivity index (χ1n) is 10.2. The number of carbonyl (C=O) groups is 1. The summed E-state index contributed by atoms with van der Waals surface area (Å²) in [6.45, 7) is 7.21. The van der Waals surface area contributed by atoms with Gasteiger partial charge in [0.05, 0.1) is 24.7 Å². The van der Waals surface area contributed by atoms with Gasteiger partial charge in [-0.2, -0.15) is 0 Å². The van der Waals surface area contributed by atoms with Crippen molar-refractivity contribution in [2.75, 3.05) is 49.3 Å². The zero-order chi connectivity index (χ0) is 22.4. The fourth-order valence-corrected chi connectivity index (χ4v) is 3.77. The Morgan fingerprint density at radius 1 is 1.16 bits per heavy atom. The highest BCUT2D eigenvalue weighted by molar-refractivity contribution is 7.89. The first kappa shape index (κ1) is 23.0. The van der Waals surface area contributed by atoms with Crippen LogP contribution in [0.25, 0.3) is 11.4 Å². The summed E-state index contributed by atoms with van der Waals surface area (Å²) in [5.41, 5.74) is 1.83. The number of benzene rings is 1. The van der Waals surface area contributed by atoms with E-state index in [1.165, 1.54) is 6.26 Å². The van der Waals surface area contributed by atoms with Gasteiger partial charge in [0.1, 0.15) is 5.82 Å². The van der Waals surface area contributed by atoms with Crippen molar-refractivity contribution >= 4 is 27.4 Å². The molecule has 31 heavy (non-hydrogen) atoms. The zero-order valence-corrected chi connectivity index (χ0v) is 18.9. The molecule has 1 fully saturated rings. The summed E-state index contributed by atoms with van der Waals surface area (Å²) in [4.78, 5) is 23.2. The van der Waals surface area contributed by atoms with E-state index < -0.39 is 9.84 Å². The molecule has 0 aliphatic carbocycles. The Bertz CT molecular complexity index is 1000. The maximum atomic E-state index is 11.9. The molecule has 0 bridgehead atoms. The van der Waals surface area contributed by atoms with Crippen molar-refractivity contribution in [1.82, 2.24) is 15.3 Å². The molecule has 2 N–H and O–H groups in total. The second-order valence-corrected chi connectivity index (χ2v) is 10.2. The second-order valence-electron chi connectivity index (χ2n) is 8.02. The molecule has 0 unspecified atom stereocenters. The Morgan fingerprint density at radius 3 is 2.45 bits per heavy atom. The van der Waals surface area contributed by atoms with E-state index in [4.69, 9.17) is 4.74 Å². The highest BCUT2D eigenvalue weighted by Gasteiger charge is 2.17. The number of rotatable bonds is 7. The molecule has 168 valence electrons. The summed E-state index contributed by atoms with van der Waals surface area (Å²) in [6.07, 6.45) is 1.19. The molecule has 1 aliphatic heterocycles. The fourth-order valence-electron chi connectivity index (χ4n) is 3.08. The van der Waals surface area contributed by atoms with E-state index in [0.717, 1.165) is 5.56 Å². The van der Waals surface area contributed by atoms with Crippen molar-refractivity contribution in [3.8, 4) is 11.4 Å². The van der Waals surface area contributed by atoms with Crippen LogP contribution < -0.4 is 15.5 Å². The highest BCUT2D eigenvalue weighted by atomic mass is 32.2. The molecule has 0 atom stereocenters. The molecule has 0 spiro atoms.